The molecule has 2 bridgehead atoms. The number of aromatic carboxylic acids is 1. The van der Waals surface area contributed by atoms with Gasteiger partial charge in [-0.3, -0.25) is 9.78 Å². The van der Waals surface area contributed by atoms with E-state index in [1.54, 1.807) is 19.2 Å². The fourth-order valence-electron chi connectivity index (χ4n) is 8.03. The number of carboxylic acid groups (broad SMARTS) is 1. The third-order valence-corrected chi connectivity index (χ3v) is 10.8. The highest BCUT2D eigenvalue weighted by atomic mass is 19.1. The Kier molecular flexibility index (Phi) is 6.69. The number of hydrogen-bond acceptors (Lipinski definition) is 8. The molecular formula is C37H34FN7O5. The number of ether oxygens (including phenoxy) is 1. The van der Waals surface area contributed by atoms with Crippen molar-refractivity contribution in [3.05, 3.63) is 65.6 Å². The van der Waals surface area contributed by atoms with Crippen LogP contribution < -0.4 is 10.5 Å². The lowest BCUT2D eigenvalue weighted by Gasteiger charge is -2.27. The summed E-state index contributed by atoms with van der Waals surface area (Å²) in [5.41, 5.74) is 10.1. The molecule has 4 N–H and O–H groups in total. The van der Waals surface area contributed by atoms with E-state index < -0.39 is 23.1 Å². The average Bonchev–Trinajstić information content (AvgIpc) is 3.51. The van der Waals surface area contributed by atoms with E-state index in [1.807, 2.05) is 34.7 Å². The van der Waals surface area contributed by atoms with E-state index in [0.717, 1.165) is 48.5 Å². The molecule has 2 unspecified atom stereocenters. The highest BCUT2D eigenvalue weighted by Gasteiger charge is 2.47. The van der Waals surface area contributed by atoms with Crippen LogP contribution >= 0.6 is 0 Å². The second kappa shape index (κ2) is 11.0. The van der Waals surface area contributed by atoms with Crippen LogP contribution in [0, 0.1) is 17.7 Å². The van der Waals surface area contributed by atoms with Gasteiger partial charge in [-0.2, -0.15) is 0 Å². The average molecular weight is 676 g/mol. The first-order chi connectivity index (χ1) is 24.1. The minimum absolute atomic E-state index is 0.0116. The molecule has 3 aliphatic rings. The minimum Gasteiger partial charge on any atom is -0.506 e. The number of methoxy groups -OCH3 is 1. The van der Waals surface area contributed by atoms with Crippen molar-refractivity contribution in [3.63, 3.8) is 0 Å². The molecule has 254 valence electrons. The summed E-state index contributed by atoms with van der Waals surface area (Å²) in [6, 6.07) is 12.2. The van der Waals surface area contributed by atoms with Crippen LogP contribution in [0.5, 0.6) is 11.5 Å². The van der Waals surface area contributed by atoms with Crippen LogP contribution in [-0.4, -0.2) is 76.8 Å². The van der Waals surface area contributed by atoms with E-state index >= 15 is 4.39 Å². The highest BCUT2D eigenvalue weighted by molar-refractivity contribution is 6.01. The normalized spacial score (nSPS) is 20.1. The van der Waals surface area contributed by atoms with Gasteiger partial charge in [0.25, 0.3) is 5.91 Å². The molecule has 50 heavy (non-hydrogen) atoms. The van der Waals surface area contributed by atoms with Crippen LogP contribution in [0.4, 0.5) is 4.39 Å². The predicted molar refractivity (Wildman–Crippen MR) is 184 cm³/mol. The number of amides is 1. The van der Waals surface area contributed by atoms with Crippen molar-refractivity contribution in [2.45, 2.75) is 44.3 Å². The summed E-state index contributed by atoms with van der Waals surface area (Å²) in [6.45, 7) is 1.37. The maximum Gasteiger partial charge on any atom is 0.341 e. The molecule has 2 aromatic carbocycles. The largest absolute Gasteiger partial charge is 0.506 e. The minimum atomic E-state index is -1.36. The first kappa shape index (κ1) is 30.5. The molecule has 1 aliphatic heterocycles. The first-order valence-corrected chi connectivity index (χ1v) is 16.8. The van der Waals surface area contributed by atoms with Gasteiger partial charge in [0.1, 0.15) is 39.6 Å². The van der Waals surface area contributed by atoms with Crippen LogP contribution in [0.2, 0.25) is 0 Å². The van der Waals surface area contributed by atoms with Gasteiger partial charge >= 0.3 is 5.97 Å². The Morgan fingerprint density at radius 1 is 1.08 bits per heavy atom. The topological polar surface area (TPSA) is 162 Å². The summed E-state index contributed by atoms with van der Waals surface area (Å²) in [4.78, 5) is 41.3. The maximum atomic E-state index is 15.3. The van der Waals surface area contributed by atoms with Crippen molar-refractivity contribution < 1.29 is 28.9 Å². The Morgan fingerprint density at radius 2 is 1.90 bits per heavy atom. The van der Waals surface area contributed by atoms with Crippen molar-refractivity contribution in [2.24, 2.45) is 24.6 Å². The molecule has 13 heteroatoms. The predicted octanol–water partition coefficient (Wildman–Crippen LogP) is 5.33. The van der Waals surface area contributed by atoms with Gasteiger partial charge < -0.3 is 34.7 Å². The monoisotopic (exact) mass is 675 g/mol. The number of carboxylic acids is 1. The zero-order chi connectivity index (χ0) is 34.6. The Hall–Kier alpha value is -5.56. The van der Waals surface area contributed by atoms with Gasteiger partial charge in [-0.25, -0.2) is 19.2 Å². The van der Waals surface area contributed by atoms with E-state index in [4.69, 9.17) is 20.4 Å². The summed E-state index contributed by atoms with van der Waals surface area (Å²) in [6.07, 6.45) is 5.11. The number of carbonyl (C=O) groups excluding carboxylic acids is 1. The summed E-state index contributed by atoms with van der Waals surface area (Å²) >= 11 is 0. The molecule has 2 aliphatic carbocycles. The van der Waals surface area contributed by atoms with Gasteiger partial charge in [0, 0.05) is 60.3 Å². The standard InChI is InChI=1S/C37H34FN7O5/c1-43-32-26(11-21(13-29(32)50-2)36(47)45-16-19-6-8-27(45)30(19)39)42-35(43)28-12-18-5-7-25(41-34(18)44(28)15-17-3-4-17)20-9-22-31(24(38)10-20)40-14-23(33(22)46)37(48)49/h5,7,9-14,17,19,27,30H,3-4,6,8,15-16,39H2,1-2H3,(H,40,46)(H,48,49)/t19?,27?,30-/m1/s1. The number of nitrogens with two attached hydrogens (primary N) is 1. The number of aromatic hydroxyl groups is 1. The van der Waals surface area contributed by atoms with Crippen molar-refractivity contribution in [1.29, 1.82) is 0 Å². The van der Waals surface area contributed by atoms with Crippen LogP contribution in [-0.2, 0) is 13.6 Å². The molecular weight excluding hydrogens is 641 g/mol. The molecule has 3 atom stereocenters. The van der Waals surface area contributed by atoms with Gasteiger partial charge in [0.05, 0.1) is 24.0 Å². The molecule has 6 aromatic rings. The fourth-order valence-corrected chi connectivity index (χ4v) is 8.03. The number of hydrogen-bond donors (Lipinski definition) is 3. The Bertz CT molecular complexity index is 2430. The smallest absolute Gasteiger partial charge is 0.341 e. The molecule has 9 rings (SSSR count). The van der Waals surface area contributed by atoms with Crippen molar-refractivity contribution >= 4 is 44.8 Å². The van der Waals surface area contributed by atoms with Gasteiger partial charge in [0.15, 0.2) is 5.82 Å². The number of aryl methyl sites for hydroxylation is 1. The number of pyridine rings is 2. The van der Waals surface area contributed by atoms with Crippen LogP contribution in [0.3, 0.4) is 0 Å². The number of benzene rings is 2. The Labute approximate surface area is 284 Å². The van der Waals surface area contributed by atoms with E-state index in [0.29, 0.717) is 64.5 Å². The summed E-state index contributed by atoms with van der Waals surface area (Å²) in [7, 11) is 3.52. The molecule has 0 spiro atoms. The third-order valence-electron chi connectivity index (χ3n) is 10.8. The van der Waals surface area contributed by atoms with Gasteiger partial charge in [-0.1, -0.05) is 0 Å². The number of halogens is 1. The number of likely N-dealkylation sites (tertiary alicyclic amines) is 1. The number of rotatable bonds is 7. The molecule has 3 fully saturated rings. The molecule has 4 aromatic heterocycles. The van der Waals surface area contributed by atoms with Gasteiger partial charge in [0.2, 0.25) is 0 Å². The Morgan fingerprint density at radius 3 is 2.60 bits per heavy atom. The number of piperidine rings is 1. The number of imidazole rings is 1. The third kappa shape index (κ3) is 4.56. The molecule has 1 saturated heterocycles. The van der Waals surface area contributed by atoms with E-state index in [2.05, 4.69) is 9.55 Å². The number of aromatic nitrogens is 5. The Balaban J connectivity index is 1.16. The van der Waals surface area contributed by atoms with Crippen LogP contribution in [0.25, 0.3) is 55.7 Å². The molecule has 12 nitrogen and oxygen atoms in total. The van der Waals surface area contributed by atoms with E-state index in [9.17, 15) is 19.8 Å². The molecule has 0 radical (unpaired) electrons. The molecule has 1 amide bonds. The summed E-state index contributed by atoms with van der Waals surface area (Å²) in [5, 5.41) is 21.0. The second-order valence-corrected chi connectivity index (χ2v) is 13.9. The van der Waals surface area contributed by atoms with Gasteiger partial charge in [-0.05, 0) is 80.0 Å². The zero-order valence-corrected chi connectivity index (χ0v) is 27.4. The lowest BCUT2D eigenvalue weighted by atomic mass is 10.0. The SMILES string of the molecule is COc1cc(C(=O)N2CC3CCC2[C@@H]3N)cc2nc(-c3cc4ccc(-c5cc(F)c6ncc(C(=O)O)c(O)c6c5)nc4n3CC3CC3)n(C)c12. The van der Waals surface area contributed by atoms with E-state index in [-0.39, 0.29) is 28.9 Å². The molecule has 5 heterocycles. The van der Waals surface area contributed by atoms with Crippen molar-refractivity contribution in [2.75, 3.05) is 13.7 Å². The zero-order valence-electron chi connectivity index (χ0n) is 27.4. The first-order valence-electron chi connectivity index (χ1n) is 16.8. The van der Waals surface area contributed by atoms with Crippen molar-refractivity contribution in [3.8, 4) is 34.3 Å². The lowest BCUT2D eigenvalue weighted by molar-refractivity contribution is 0.0687. The van der Waals surface area contributed by atoms with Gasteiger partial charge in [-0.15, -0.1) is 0 Å². The lowest BCUT2D eigenvalue weighted by Crippen LogP contribution is -2.41. The molecule has 2 saturated carbocycles. The van der Waals surface area contributed by atoms with Crippen LogP contribution in [0.1, 0.15) is 46.4 Å². The van der Waals surface area contributed by atoms with Crippen molar-refractivity contribution in [1.82, 2.24) is 29.0 Å². The number of fused-ring (bicyclic) bond motifs is 5. The quantitative estimate of drug-likeness (QED) is 0.203. The summed E-state index contributed by atoms with van der Waals surface area (Å²) < 4.78 is 25.2. The van der Waals surface area contributed by atoms with Crippen LogP contribution in [0.15, 0.2) is 48.7 Å². The summed E-state index contributed by atoms with van der Waals surface area (Å²) in [5.74, 6) is -0.637. The second-order valence-electron chi connectivity index (χ2n) is 13.9. The maximum absolute atomic E-state index is 15.3. The van der Waals surface area contributed by atoms with E-state index in [1.165, 1.54) is 12.1 Å². The highest BCUT2D eigenvalue weighted by Crippen LogP contribution is 2.41. The number of carbonyl (C=O) groups is 2. The fraction of sp³-hybridized carbons (Fsp3) is 0.324. The number of nitrogens with zero attached hydrogens (tertiary/aromatic N) is 6.